The highest BCUT2D eigenvalue weighted by Crippen LogP contribution is 2.47. The number of imidazole rings is 1. The first kappa shape index (κ1) is 28.6. The summed E-state index contributed by atoms with van der Waals surface area (Å²) in [6, 6.07) is 10.0. The maximum Gasteiger partial charge on any atom is 0.255 e. The third-order valence-electron chi connectivity index (χ3n) is 7.15. The molecule has 3 aromatic rings. The molecule has 0 unspecified atom stereocenters. The second-order valence-electron chi connectivity index (χ2n) is 13.5. The Kier molecular flexibility index (Phi) is 8.22. The van der Waals surface area contributed by atoms with E-state index in [2.05, 4.69) is 136 Å². The smallest absolute Gasteiger partial charge is 0.194 e. The van der Waals surface area contributed by atoms with Crippen molar-refractivity contribution in [2.45, 2.75) is 130 Å². The van der Waals surface area contributed by atoms with E-state index in [1.165, 1.54) is 33.0 Å². The summed E-state index contributed by atoms with van der Waals surface area (Å²) in [5.74, 6) is 0. The lowest BCUT2D eigenvalue weighted by Crippen LogP contribution is -2.41. The van der Waals surface area contributed by atoms with Crippen LogP contribution in [0.1, 0.15) is 108 Å². The fourth-order valence-corrected chi connectivity index (χ4v) is 11.3. The van der Waals surface area contributed by atoms with Gasteiger partial charge >= 0.3 is 0 Å². The molecule has 0 fully saturated rings. The van der Waals surface area contributed by atoms with Gasteiger partial charge in [-0.3, -0.25) is 0 Å². The molecule has 35 heavy (non-hydrogen) atoms. The average molecular weight is 514 g/mol. The molecule has 2 nitrogen and oxygen atoms in total. The molecule has 0 aromatic carbocycles. The van der Waals surface area contributed by atoms with E-state index in [4.69, 9.17) is 0 Å². The second kappa shape index (κ2) is 10.1. The summed E-state index contributed by atoms with van der Waals surface area (Å²) in [6.45, 7) is 33.5. The lowest BCUT2D eigenvalue weighted by molar-refractivity contribution is -0.490. The van der Waals surface area contributed by atoms with Crippen molar-refractivity contribution in [1.82, 2.24) is 4.40 Å². The Labute approximate surface area is 218 Å². The van der Waals surface area contributed by atoms with Gasteiger partial charge in [0.2, 0.25) is 0 Å². The van der Waals surface area contributed by atoms with Crippen molar-refractivity contribution in [1.29, 1.82) is 0 Å². The highest BCUT2D eigenvalue weighted by atomic mass is 31.1. The van der Waals surface area contributed by atoms with Crippen LogP contribution in [-0.4, -0.2) is 27.0 Å². The normalized spacial score (nSPS) is 13.8. The van der Waals surface area contributed by atoms with Gasteiger partial charge < -0.3 is 0 Å². The van der Waals surface area contributed by atoms with Crippen molar-refractivity contribution in [2.75, 3.05) is 0 Å². The molecule has 0 aliphatic heterocycles. The lowest BCUT2D eigenvalue weighted by atomic mass is 9.86. The Morgan fingerprint density at radius 1 is 0.629 bits per heavy atom. The minimum absolute atomic E-state index is 0.111. The number of pyridine rings is 2. The van der Waals surface area contributed by atoms with Gasteiger partial charge in [-0.15, -0.1) is 0 Å². The minimum atomic E-state index is -0.299. The number of aromatic nitrogens is 2. The molecule has 0 saturated heterocycles. The first-order valence-corrected chi connectivity index (χ1v) is 16.5. The quantitative estimate of drug-likeness (QED) is 0.232. The van der Waals surface area contributed by atoms with Crippen LogP contribution in [0.2, 0.25) is 0 Å². The first-order chi connectivity index (χ1) is 15.9. The zero-order valence-corrected chi connectivity index (χ0v) is 26.8. The predicted octanol–water partition coefficient (Wildman–Crippen LogP) is 8.12. The van der Waals surface area contributed by atoms with Gasteiger partial charge in [0, 0.05) is 0 Å². The van der Waals surface area contributed by atoms with E-state index in [-0.39, 0.29) is 26.7 Å². The van der Waals surface area contributed by atoms with Crippen LogP contribution in [0.4, 0.5) is 0 Å². The van der Waals surface area contributed by atoms with Crippen LogP contribution in [0, 0.1) is 0 Å². The van der Waals surface area contributed by atoms with Crippen molar-refractivity contribution < 1.29 is 4.40 Å². The van der Waals surface area contributed by atoms with Gasteiger partial charge in [0.1, 0.15) is 10.9 Å². The Hall–Kier alpha value is -0.970. The van der Waals surface area contributed by atoms with E-state index < -0.39 is 0 Å². The van der Waals surface area contributed by atoms with Gasteiger partial charge in [-0.05, 0) is 84.7 Å². The van der Waals surface area contributed by atoms with Gasteiger partial charge in [0.25, 0.3) is 6.33 Å². The van der Waals surface area contributed by atoms with E-state index in [1.54, 1.807) is 0 Å². The number of fused-ring (bicyclic) bond motifs is 3. The fourth-order valence-electron chi connectivity index (χ4n) is 5.45. The van der Waals surface area contributed by atoms with Crippen LogP contribution in [0.25, 0.3) is 11.0 Å². The van der Waals surface area contributed by atoms with Crippen LogP contribution in [0.3, 0.4) is 0 Å². The molecule has 0 atom stereocenters. The van der Waals surface area contributed by atoms with Crippen LogP contribution in [0.15, 0.2) is 30.6 Å². The van der Waals surface area contributed by atoms with Crippen molar-refractivity contribution in [3.05, 3.63) is 41.7 Å². The largest absolute Gasteiger partial charge is 0.255 e. The van der Waals surface area contributed by atoms with E-state index in [9.17, 15) is 0 Å². The van der Waals surface area contributed by atoms with Crippen molar-refractivity contribution in [2.24, 2.45) is 0 Å². The Bertz CT molecular complexity index is 1080. The fraction of sp³-hybridized carbons (Fsp3) is 0.645. The second-order valence-corrected chi connectivity index (χ2v) is 20.2. The molecule has 3 heterocycles. The zero-order valence-electron chi connectivity index (χ0n) is 25.0. The number of hydrogen-bond acceptors (Lipinski definition) is 0. The van der Waals surface area contributed by atoms with E-state index in [0.29, 0.717) is 22.6 Å². The average Bonchev–Trinajstić information content (AvgIpc) is 3.04. The summed E-state index contributed by atoms with van der Waals surface area (Å²) >= 11 is 0. The molecule has 3 aromatic heterocycles. The maximum atomic E-state index is 2.57. The Morgan fingerprint density at radius 2 is 1.09 bits per heavy atom. The first-order valence-electron chi connectivity index (χ1n) is 13.6. The minimum Gasteiger partial charge on any atom is -0.194 e. The standard InChI is InChI=1S/C31H51N2P2/c1-20(2)34(21(3)4)28-17-24(30(9,10)11)15-26-27-16-25(31(12,13)14)18-29(33(27)19-32(26)28)35(22(5)6)23(7)8/h15-23H,1-14H3/q+1. The lowest BCUT2D eigenvalue weighted by Gasteiger charge is -2.26. The van der Waals surface area contributed by atoms with Crippen molar-refractivity contribution >= 4 is 37.7 Å². The Balaban J connectivity index is 2.57. The van der Waals surface area contributed by atoms with Crippen LogP contribution in [0.5, 0.6) is 0 Å². The molecule has 0 saturated carbocycles. The SMILES string of the molecule is CC(C)P(c1cc(C(C)(C)C)cc2c3cc(C(C)(C)C)cc(P(C(C)C)C(C)C)[n+]3cn12)C(C)C. The third-order valence-corrected chi connectivity index (χ3v) is 13.3. The molecule has 0 amide bonds. The molecule has 0 radical (unpaired) electrons. The van der Waals surface area contributed by atoms with E-state index >= 15 is 0 Å². The van der Waals surface area contributed by atoms with E-state index in [1.807, 2.05) is 0 Å². The van der Waals surface area contributed by atoms with Gasteiger partial charge in [-0.2, -0.15) is 8.80 Å². The highest BCUT2D eigenvalue weighted by molar-refractivity contribution is 7.66. The molecule has 0 spiro atoms. The van der Waals surface area contributed by atoms with E-state index in [0.717, 1.165) is 0 Å². The van der Waals surface area contributed by atoms with Gasteiger partial charge in [-0.25, -0.2) is 0 Å². The topological polar surface area (TPSA) is 8.51 Å². The summed E-state index contributed by atoms with van der Waals surface area (Å²) in [6.07, 6.45) is 2.44. The summed E-state index contributed by atoms with van der Waals surface area (Å²) in [5.41, 5.74) is 11.5. The third kappa shape index (κ3) is 5.65. The van der Waals surface area contributed by atoms with Crippen LogP contribution < -0.4 is 15.3 Å². The molecular formula is C31H51N2P2+. The summed E-state index contributed by atoms with van der Waals surface area (Å²) in [4.78, 5) is 0. The molecule has 0 aliphatic carbocycles. The molecule has 0 aliphatic rings. The molecule has 4 heteroatoms. The predicted molar refractivity (Wildman–Crippen MR) is 162 cm³/mol. The molecular weight excluding hydrogens is 462 g/mol. The van der Waals surface area contributed by atoms with Crippen LogP contribution >= 0.6 is 15.8 Å². The molecule has 194 valence electrons. The van der Waals surface area contributed by atoms with Gasteiger partial charge in [0.15, 0.2) is 11.0 Å². The molecule has 3 rings (SSSR count). The number of nitrogens with zero attached hydrogens (tertiary/aromatic N) is 2. The van der Waals surface area contributed by atoms with Gasteiger partial charge in [-0.1, -0.05) is 96.9 Å². The summed E-state index contributed by atoms with van der Waals surface area (Å²) in [7, 11) is -0.598. The number of hydrogen-bond donors (Lipinski definition) is 0. The van der Waals surface area contributed by atoms with Crippen LogP contribution in [-0.2, 0) is 10.8 Å². The summed E-state index contributed by atoms with van der Waals surface area (Å²) < 4.78 is 5.14. The molecule has 0 bridgehead atoms. The number of rotatable bonds is 6. The van der Waals surface area contributed by atoms with Gasteiger partial charge in [0.05, 0.1) is 0 Å². The maximum absolute atomic E-state index is 2.57. The highest BCUT2D eigenvalue weighted by Gasteiger charge is 2.33. The molecule has 0 N–H and O–H groups in total. The summed E-state index contributed by atoms with van der Waals surface area (Å²) in [5, 5.41) is 0. The van der Waals surface area contributed by atoms with Crippen molar-refractivity contribution in [3.8, 4) is 0 Å². The monoisotopic (exact) mass is 513 g/mol. The van der Waals surface area contributed by atoms with Crippen molar-refractivity contribution in [3.63, 3.8) is 0 Å². The zero-order chi connectivity index (χ0) is 26.6. The Morgan fingerprint density at radius 3 is 1.51 bits per heavy atom.